The van der Waals surface area contributed by atoms with Gasteiger partial charge in [-0.15, -0.1) is 0 Å². The third-order valence-electron chi connectivity index (χ3n) is 5.87. The van der Waals surface area contributed by atoms with E-state index in [1.807, 2.05) is 13.0 Å². The SMILES string of the molecule is CCOc1ccc2cc(C#Cc3ccc([C@H]4CC[C@H](C)CC4)cc3)ccc2c1. The van der Waals surface area contributed by atoms with E-state index in [4.69, 9.17) is 4.74 Å². The smallest absolute Gasteiger partial charge is 0.119 e. The molecular weight excluding hydrogens is 340 g/mol. The van der Waals surface area contributed by atoms with Crippen molar-refractivity contribution in [2.24, 2.45) is 5.92 Å². The molecule has 0 atom stereocenters. The van der Waals surface area contributed by atoms with Crippen LogP contribution in [0.2, 0.25) is 0 Å². The minimum Gasteiger partial charge on any atom is -0.494 e. The van der Waals surface area contributed by atoms with Crippen molar-refractivity contribution in [3.8, 4) is 17.6 Å². The van der Waals surface area contributed by atoms with E-state index in [1.165, 1.54) is 42.0 Å². The van der Waals surface area contributed by atoms with E-state index < -0.39 is 0 Å². The maximum Gasteiger partial charge on any atom is 0.119 e. The number of hydrogen-bond donors (Lipinski definition) is 0. The van der Waals surface area contributed by atoms with Gasteiger partial charge in [-0.2, -0.15) is 0 Å². The van der Waals surface area contributed by atoms with Gasteiger partial charge >= 0.3 is 0 Å². The van der Waals surface area contributed by atoms with Gasteiger partial charge < -0.3 is 4.74 Å². The molecule has 1 aliphatic carbocycles. The summed E-state index contributed by atoms with van der Waals surface area (Å²) in [6.07, 6.45) is 5.38. The highest BCUT2D eigenvalue weighted by atomic mass is 16.5. The summed E-state index contributed by atoms with van der Waals surface area (Å²) in [5.74, 6) is 9.19. The Hall–Kier alpha value is -2.72. The zero-order chi connectivity index (χ0) is 19.3. The zero-order valence-corrected chi connectivity index (χ0v) is 16.9. The predicted octanol–water partition coefficient (Wildman–Crippen LogP) is 6.93. The van der Waals surface area contributed by atoms with Crippen molar-refractivity contribution < 1.29 is 4.74 Å². The molecule has 0 aliphatic heterocycles. The number of fused-ring (bicyclic) bond motifs is 1. The third-order valence-corrected chi connectivity index (χ3v) is 5.87. The summed E-state index contributed by atoms with van der Waals surface area (Å²) in [6.45, 7) is 5.07. The molecule has 0 heterocycles. The first-order valence-corrected chi connectivity index (χ1v) is 10.5. The molecule has 1 fully saturated rings. The van der Waals surface area contributed by atoms with Crippen molar-refractivity contribution in [1.29, 1.82) is 0 Å². The lowest BCUT2D eigenvalue weighted by atomic mass is 9.79. The van der Waals surface area contributed by atoms with Gasteiger partial charge in [-0.25, -0.2) is 0 Å². The average Bonchev–Trinajstić information content (AvgIpc) is 2.73. The lowest BCUT2D eigenvalue weighted by Crippen LogP contribution is -2.10. The summed E-state index contributed by atoms with van der Waals surface area (Å²) in [6, 6.07) is 21.5. The molecule has 1 saturated carbocycles. The summed E-state index contributed by atoms with van der Waals surface area (Å²) in [7, 11) is 0. The highest BCUT2D eigenvalue weighted by Gasteiger charge is 2.19. The van der Waals surface area contributed by atoms with Crippen LogP contribution in [0.4, 0.5) is 0 Å². The Balaban J connectivity index is 1.48. The van der Waals surface area contributed by atoms with E-state index in [0.29, 0.717) is 6.61 Å². The van der Waals surface area contributed by atoms with Gasteiger partial charge in [-0.05, 0) is 84.3 Å². The third kappa shape index (κ3) is 4.39. The number of ether oxygens (including phenoxy) is 1. The molecule has 142 valence electrons. The zero-order valence-electron chi connectivity index (χ0n) is 16.9. The van der Waals surface area contributed by atoms with Crippen LogP contribution in [0.15, 0.2) is 60.7 Å². The predicted molar refractivity (Wildman–Crippen MR) is 118 cm³/mol. The molecule has 0 N–H and O–H groups in total. The molecule has 28 heavy (non-hydrogen) atoms. The summed E-state index contributed by atoms with van der Waals surface area (Å²) in [5.41, 5.74) is 3.61. The van der Waals surface area contributed by atoms with Crippen LogP contribution < -0.4 is 4.74 Å². The van der Waals surface area contributed by atoms with E-state index in [1.54, 1.807) is 0 Å². The van der Waals surface area contributed by atoms with Gasteiger partial charge in [0.2, 0.25) is 0 Å². The Bertz CT molecular complexity index is 996. The van der Waals surface area contributed by atoms with Crippen molar-refractivity contribution in [3.05, 3.63) is 77.4 Å². The lowest BCUT2D eigenvalue weighted by Gasteiger charge is -2.26. The van der Waals surface area contributed by atoms with Crippen LogP contribution in [0.1, 0.15) is 62.1 Å². The molecule has 1 aliphatic rings. The topological polar surface area (TPSA) is 9.23 Å². The quantitative estimate of drug-likeness (QED) is 0.455. The highest BCUT2D eigenvalue weighted by molar-refractivity contribution is 5.85. The first kappa shape index (κ1) is 18.6. The normalized spacial score (nSPS) is 19.1. The van der Waals surface area contributed by atoms with Gasteiger partial charge in [0, 0.05) is 11.1 Å². The fourth-order valence-corrected chi connectivity index (χ4v) is 4.13. The lowest BCUT2D eigenvalue weighted by molar-refractivity contribution is 0.341. The Morgan fingerprint density at radius 1 is 0.786 bits per heavy atom. The summed E-state index contributed by atoms with van der Waals surface area (Å²) < 4.78 is 5.58. The van der Waals surface area contributed by atoms with Crippen molar-refractivity contribution in [2.75, 3.05) is 6.61 Å². The van der Waals surface area contributed by atoms with Crippen LogP contribution in [-0.2, 0) is 0 Å². The van der Waals surface area contributed by atoms with E-state index >= 15 is 0 Å². The molecule has 0 radical (unpaired) electrons. The second kappa shape index (κ2) is 8.53. The molecule has 0 unspecified atom stereocenters. The molecular formula is C27H28O. The van der Waals surface area contributed by atoms with Crippen LogP contribution in [0.25, 0.3) is 10.8 Å². The largest absolute Gasteiger partial charge is 0.494 e. The van der Waals surface area contributed by atoms with E-state index in [0.717, 1.165) is 28.7 Å². The molecule has 0 saturated heterocycles. The first-order chi connectivity index (χ1) is 13.7. The fraction of sp³-hybridized carbons (Fsp3) is 0.333. The van der Waals surface area contributed by atoms with Crippen LogP contribution in [0, 0.1) is 17.8 Å². The number of benzene rings is 3. The van der Waals surface area contributed by atoms with Crippen LogP contribution in [-0.4, -0.2) is 6.61 Å². The fourth-order valence-electron chi connectivity index (χ4n) is 4.13. The number of rotatable bonds is 3. The average molecular weight is 369 g/mol. The maximum atomic E-state index is 5.58. The van der Waals surface area contributed by atoms with Gasteiger partial charge in [0.15, 0.2) is 0 Å². The van der Waals surface area contributed by atoms with Gasteiger partial charge in [0.1, 0.15) is 5.75 Å². The van der Waals surface area contributed by atoms with E-state index in [-0.39, 0.29) is 0 Å². The van der Waals surface area contributed by atoms with Crippen LogP contribution in [0.3, 0.4) is 0 Å². The summed E-state index contributed by atoms with van der Waals surface area (Å²) >= 11 is 0. The Morgan fingerprint density at radius 2 is 1.43 bits per heavy atom. The van der Waals surface area contributed by atoms with Gasteiger partial charge in [-0.3, -0.25) is 0 Å². The molecule has 4 rings (SSSR count). The van der Waals surface area contributed by atoms with Crippen molar-refractivity contribution in [1.82, 2.24) is 0 Å². The van der Waals surface area contributed by atoms with Crippen LogP contribution >= 0.6 is 0 Å². The monoisotopic (exact) mass is 368 g/mol. The van der Waals surface area contributed by atoms with Crippen molar-refractivity contribution in [2.45, 2.75) is 45.4 Å². The molecule has 0 aromatic heterocycles. The molecule has 1 heteroatoms. The van der Waals surface area contributed by atoms with Gasteiger partial charge in [-0.1, -0.05) is 55.9 Å². The molecule has 0 spiro atoms. The summed E-state index contributed by atoms with van der Waals surface area (Å²) in [5, 5.41) is 2.37. The second-order valence-corrected chi connectivity index (χ2v) is 7.99. The Morgan fingerprint density at radius 3 is 2.18 bits per heavy atom. The van der Waals surface area contributed by atoms with E-state index in [9.17, 15) is 0 Å². The summed E-state index contributed by atoms with van der Waals surface area (Å²) in [4.78, 5) is 0. The minimum absolute atomic E-state index is 0.688. The Kier molecular flexibility index (Phi) is 5.68. The molecule has 3 aromatic carbocycles. The number of hydrogen-bond acceptors (Lipinski definition) is 1. The van der Waals surface area contributed by atoms with Gasteiger partial charge in [0.25, 0.3) is 0 Å². The minimum atomic E-state index is 0.688. The van der Waals surface area contributed by atoms with Crippen molar-refractivity contribution in [3.63, 3.8) is 0 Å². The molecule has 0 bridgehead atoms. The van der Waals surface area contributed by atoms with Gasteiger partial charge in [0.05, 0.1) is 6.61 Å². The molecule has 0 amide bonds. The maximum absolute atomic E-state index is 5.58. The first-order valence-electron chi connectivity index (χ1n) is 10.5. The Labute approximate surface area is 168 Å². The van der Waals surface area contributed by atoms with Crippen molar-refractivity contribution >= 4 is 10.8 Å². The molecule has 3 aromatic rings. The highest BCUT2D eigenvalue weighted by Crippen LogP contribution is 2.35. The standard InChI is InChI=1S/C27H28O/c1-3-28-27-17-16-25-18-22(10-15-26(25)19-27)7-6-21-8-13-24(14-9-21)23-11-4-20(2)5-12-23/h8-10,13-20,23H,3-5,11-12H2,1-2H3/t20-,23-. The van der Waals surface area contributed by atoms with Crippen LogP contribution in [0.5, 0.6) is 5.75 Å². The van der Waals surface area contributed by atoms with E-state index in [2.05, 4.69) is 73.4 Å². The second-order valence-electron chi connectivity index (χ2n) is 7.99. The molecule has 1 nitrogen and oxygen atoms in total.